The number of nitrogens with zero attached hydrogens (tertiary/aromatic N) is 1. The molecular formula is C17H16FNO2. The average molecular weight is 285 g/mol. The summed E-state index contributed by atoms with van der Waals surface area (Å²) < 4.78 is 14.2. The quantitative estimate of drug-likeness (QED) is 0.863. The summed E-state index contributed by atoms with van der Waals surface area (Å²) in [5.41, 5.74) is 2.77. The van der Waals surface area contributed by atoms with Crippen molar-refractivity contribution in [2.45, 2.75) is 6.92 Å². The molecule has 3 nitrogen and oxygen atoms in total. The van der Waals surface area contributed by atoms with E-state index in [1.807, 2.05) is 31.2 Å². The zero-order valence-electron chi connectivity index (χ0n) is 11.9. The molecule has 0 atom stereocenters. The molecule has 0 spiro atoms. The summed E-state index contributed by atoms with van der Waals surface area (Å²) in [7, 11) is 1.76. The lowest BCUT2D eigenvalue weighted by atomic mass is 10.1. The Balaban J connectivity index is 2.49. The first-order valence-electron chi connectivity index (χ1n) is 6.49. The van der Waals surface area contributed by atoms with E-state index >= 15 is 0 Å². The monoisotopic (exact) mass is 285 g/mol. The van der Waals surface area contributed by atoms with E-state index in [4.69, 9.17) is 5.11 Å². The van der Waals surface area contributed by atoms with E-state index in [0.29, 0.717) is 11.3 Å². The molecule has 0 aromatic heterocycles. The van der Waals surface area contributed by atoms with Crippen molar-refractivity contribution < 1.29 is 14.3 Å². The average Bonchev–Trinajstić information content (AvgIpc) is 2.44. The lowest BCUT2D eigenvalue weighted by molar-refractivity contribution is -0.131. The summed E-state index contributed by atoms with van der Waals surface area (Å²) in [6.07, 6.45) is 2.40. The van der Waals surface area contributed by atoms with Gasteiger partial charge in [-0.2, -0.15) is 0 Å². The molecule has 21 heavy (non-hydrogen) atoms. The van der Waals surface area contributed by atoms with Gasteiger partial charge in [-0.1, -0.05) is 24.3 Å². The van der Waals surface area contributed by atoms with Gasteiger partial charge in [0.1, 0.15) is 5.82 Å². The van der Waals surface area contributed by atoms with Crippen LogP contribution >= 0.6 is 0 Å². The molecule has 2 rings (SSSR count). The zero-order chi connectivity index (χ0) is 15.4. The SMILES string of the molecule is Cc1cccc(N(C)c2c(F)cccc2/C=C/C(=O)O)c1. The van der Waals surface area contributed by atoms with Crippen LogP contribution in [0.1, 0.15) is 11.1 Å². The van der Waals surface area contributed by atoms with E-state index in [2.05, 4.69) is 0 Å². The summed E-state index contributed by atoms with van der Waals surface area (Å²) >= 11 is 0. The molecule has 108 valence electrons. The minimum atomic E-state index is -1.07. The van der Waals surface area contributed by atoms with Crippen LogP contribution in [0.3, 0.4) is 0 Å². The van der Waals surface area contributed by atoms with Crippen LogP contribution in [0.15, 0.2) is 48.5 Å². The minimum Gasteiger partial charge on any atom is -0.478 e. The maximum absolute atomic E-state index is 14.2. The predicted molar refractivity (Wildman–Crippen MR) is 82.3 cm³/mol. The first-order chi connectivity index (χ1) is 9.99. The fourth-order valence-corrected chi connectivity index (χ4v) is 2.15. The van der Waals surface area contributed by atoms with Gasteiger partial charge in [-0.15, -0.1) is 0 Å². The van der Waals surface area contributed by atoms with E-state index in [-0.39, 0.29) is 0 Å². The third-order valence-corrected chi connectivity index (χ3v) is 3.15. The number of rotatable bonds is 4. The van der Waals surface area contributed by atoms with Crippen LogP contribution in [0, 0.1) is 12.7 Å². The smallest absolute Gasteiger partial charge is 0.328 e. The van der Waals surface area contributed by atoms with Crippen molar-refractivity contribution in [3.8, 4) is 0 Å². The summed E-state index contributed by atoms with van der Waals surface area (Å²) in [5.74, 6) is -1.46. The summed E-state index contributed by atoms with van der Waals surface area (Å²) in [6, 6.07) is 12.3. The van der Waals surface area contributed by atoms with E-state index < -0.39 is 11.8 Å². The first kappa shape index (κ1) is 14.8. The van der Waals surface area contributed by atoms with Crippen LogP contribution in [0.5, 0.6) is 0 Å². The van der Waals surface area contributed by atoms with Crippen LogP contribution in [0.25, 0.3) is 6.08 Å². The number of anilines is 2. The van der Waals surface area contributed by atoms with E-state index in [0.717, 1.165) is 17.3 Å². The molecular weight excluding hydrogens is 269 g/mol. The van der Waals surface area contributed by atoms with Gasteiger partial charge in [-0.25, -0.2) is 9.18 Å². The lowest BCUT2D eigenvalue weighted by Crippen LogP contribution is -2.13. The Labute approximate surface area is 123 Å². The molecule has 0 bridgehead atoms. The molecule has 2 aromatic rings. The third kappa shape index (κ3) is 3.48. The van der Waals surface area contributed by atoms with Gasteiger partial charge in [0.25, 0.3) is 0 Å². The second kappa shape index (κ2) is 6.22. The summed E-state index contributed by atoms with van der Waals surface area (Å²) in [6.45, 7) is 1.96. The Morgan fingerprint density at radius 3 is 2.62 bits per heavy atom. The Kier molecular flexibility index (Phi) is 4.38. The number of halogens is 1. The number of aryl methyl sites for hydroxylation is 1. The van der Waals surface area contributed by atoms with E-state index in [9.17, 15) is 9.18 Å². The van der Waals surface area contributed by atoms with Crippen LogP contribution in [-0.4, -0.2) is 18.1 Å². The van der Waals surface area contributed by atoms with Gasteiger partial charge in [-0.3, -0.25) is 0 Å². The molecule has 0 heterocycles. The number of carboxylic acid groups (broad SMARTS) is 1. The molecule has 0 saturated heterocycles. The molecule has 0 amide bonds. The number of carboxylic acids is 1. The number of para-hydroxylation sites is 1. The normalized spacial score (nSPS) is 10.8. The highest BCUT2D eigenvalue weighted by atomic mass is 19.1. The maximum Gasteiger partial charge on any atom is 0.328 e. The van der Waals surface area contributed by atoms with E-state index in [1.165, 1.54) is 12.1 Å². The van der Waals surface area contributed by atoms with Gasteiger partial charge in [0.15, 0.2) is 0 Å². The summed E-state index contributed by atoms with van der Waals surface area (Å²) in [4.78, 5) is 12.4. The molecule has 0 radical (unpaired) electrons. The van der Waals surface area contributed by atoms with Crippen LogP contribution in [-0.2, 0) is 4.79 Å². The molecule has 0 unspecified atom stereocenters. The highest BCUT2D eigenvalue weighted by Crippen LogP contribution is 2.31. The fraction of sp³-hybridized carbons (Fsp3) is 0.118. The topological polar surface area (TPSA) is 40.5 Å². The fourth-order valence-electron chi connectivity index (χ4n) is 2.15. The highest BCUT2D eigenvalue weighted by molar-refractivity contribution is 5.87. The second-order valence-electron chi connectivity index (χ2n) is 4.75. The Morgan fingerprint density at radius 1 is 1.24 bits per heavy atom. The van der Waals surface area contributed by atoms with Crippen molar-refractivity contribution in [2.75, 3.05) is 11.9 Å². The third-order valence-electron chi connectivity index (χ3n) is 3.15. The number of aliphatic carboxylic acids is 1. The van der Waals surface area contributed by atoms with Gasteiger partial charge >= 0.3 is 5.97 Å². The van der Waals surface area contributed by atoms with Gasteiger partial charge in [0.05, 0.1) is 5.69 Å². The van der Waals surface area contributed by atoms with Gasteiger partial charge in [0.2, 0.25) is 0 Å². The molecule has 0 aliphatic rings. The predicted octanol–water partition coefficient (Wildman–Crippen LogP) is 4.00. The molecule has 4 heteroatoms. The molecule has 0 saturated carbocycles. The first-order valence-corrected chi connectivity index (χ1v) is 6.49. The van der Waals surface area contributed by atoms with Crippen LogP contribution in [0.4, 0.5) is 15.8 Å². The summed E-state index contributed by atoms with van der Waals surface area (Å²) in [5, 5.41) is 8.73. The Morgan fingerprint density at radius 2 is 1.95 bits per heavy atom. The maximum atomic E-state index is 14.2. The van der Waals surface area contributed by atoms with E-state index in [1.54, 1.807) is 24.1 Å². The molecule has 2 aromatic carbocycles. The molecule has 1 N–H and O–H groups in total. The van der Waals surface area contributed by atoms with Crippen molar-refractivity contribution in [3.05, 3.63) is 65.5 Å². The van der Waals surface area contributed by atoms with Gasteiger partial charge in [0, 0.05) is 24.4 Å². The van der Waals surface area contributed by atoms with Crippen LogP contribution in [0.2, 0.25) is 0 Å². The minimum absolute atomic E-state index is 0.348. The Bertz CT molecular complexity index is 695. The number of carbonyl (C=O) groups is 1. The lowest BCUT2D eigenvalue weighted by Gasteiger charge is -2.22. The largest absolute Gasteiger partial charge is 0.478 e. The van der Waals surface area contributed by atoms with Crippen molar-refractivity contribution in [2.24, 2.45) is 0 Å². The van der Waals surface area contributed by atoms with Gasteiger partial charge < -0.3 is 10.0 Å². The molecule has 0 aliphatic heterocycles. The van der Waals surface area contributed by atoms with Gasteiger partial charge in [-0.05, 0) is 36.8 Å². The second-order valence-corrected chi connectivity index (χ2v) is 4.75. The number of hydrogen-bond donors (Lipinski definition) is 1. The molecule has 0 aliphatic carbocycles. The van der Waals surface area contributed by atoms with Crippen molar-refractivity contribution in [3.63, 3.8) is 0 Å². The van der Waals surface area contributed by atoms with Crippen molar-refractivity contribution >= 4 is 23.4 Å². The highest BCUT2D eigenvalue weighted by Gasteiger charge is 2.13. The standard InChI is InChI=1S/C17H16FNO2/c1-12-5-3-7-14(11-12)19(2)17-13(9-10-16(20)21)6-4-8-15(17)18/h3-11H,1-2H3,(H,20,21)/b10-9+. The molecule has 0 fully saturated rings. The van der Waals surface area contributed by atoms with Crippen molar-refractivity contribution in [1.29, 1.82) is 0 Å². The zero-order valence-corrected chi connectivity index (χ0v) is 11.9. The van der Waals surface area contributed by atoms with Crippen LogP contribution < -0.4 is 4.90 Å². The number of hydrogen-bond acceptors (Lipinski definition) is 2. The number of benzene rings is 2. The Hall–Kier alpha value is -2.62. The van der Waals surface area contributed by atoms with Crippen molar-refractivity contribution in [1.82, 2.24) is 0 Å².